The Morgan fingerprint density at radius 2 is 2.05 bits per heavy atom. The summed E-state index contributed by atoms with van der Waals surface area (Å²) >= 11 is 0. The number of hydrogen-bond donors (Lipinski definition) is 1. The lowest BCUT2D eigenvalue weighted by molar-refractivity contribution is -0.129. The average molecular weight is 290 g/mol. The molecule has 0 fully saturated rings. The first kappa shape index (κ1) is 17.0. The van der Waals surface area contributed by atoms with Gasteiger partial charge in [0.2, 0.25) is 5.91 Å². The minimum absolute atomic E-state index is 0.0488. The van der Waals surface area contributed by atoms with E-state index in [-0.39, 0.29) is 12.5 Å². The van der Waals surface area contributed by atoms with Crippen LogP contribution in [-0.2, 0) is 11.3 Å². The summed E-state index contributed by atoms with van der Waals surface area (Å²) in [5.41, 5.74) is 1.77. The van der Waals surface area contributed by atoms with Crippen molar-refractivity contribution >= 4 is 5.91 Å². The van der Waals surface area contributed by atoms with Crippen LogP contribution in [0.25, 0.3) is 0 Å². The fourth-order valence-corrected chi connectivity index (χ4v) is 1.84. The van der Waals surface area contributed by atoms with Gasteiger partial charge in [0.05, 0.1) is 13.7 Å². The molecule has 0 atom stereocenters. The zero-order valence-electron chi connectivity index (χ0n) is 13.0. The van der Waals surface area contributed by atoms with Gasteiger partial charge in [0.15, 0.2) is 0 Å². The molecule has 5 nitrogen and oxygen atoms in total. The van der Waals surface area contributed by atoms with E-state index in [1.54, 1.807) is 26.1 Å². The monoisotopic (exact) mass is 290 g/mol. The van der Waals surface area contributed by atoms with Gasteiger partial charge in [0.25, 0.3) is 0 Å². The number of amides is 1. The molecule has 1 rings (SSSR count). The predicted octanol–water partition coefficient (Wildman–Crippen LogP) is 0.559. The van der Waals surface area contributed by atoms with Crippen molar-refractivity contribution in [3.8, 4) is 17.6 Å². The highest BCUT2D eigenvalue weighted by Crippen LogP contribution is 2.21. The van der Waals surface area contributed by atoms with Gasteiger partial charge in [-0.15, -0.1) is 0 Å². The number of carbonyl (C=O) groups is 1. The van der Waals surface area contributed by atoms with E-state index in [0.29, 0.717) is 13.1 Å². The van der Waals surface area contributed by atoms with Gasteiger partial charge in [0, 0.05) is 31.8 Å². The molecule has 114 valence electrons. The highest BCUT2D eigenvalue weighted by atomic mass is 16.5. The Morgan fingerprint density at radius 1 is 1.33 bits per heavy atom. The fourth-order valence-electron chi connectivity index (χ4n) is 1.84. The molecule has 0 aliphatic rings. The Labute approximate surface area is 126 Å². The number of hydrogen-bond acceptors (Lipinski definition) is 4. The molecular formula is C16H22N2O3. The van der Waals surface area contributed by atoms with Crippen LogP contribution in [0.1, 0.15) is 11.1 Å². The molecule has 1 aromatic rings. The lowest BCUT2D eigenvalue weighted by atomic mass is 10.1. The van der Waals surface area contributed by atoms with Crippen LogP contribution in [0.15, 0.2) is 18.2 Å². The second kappa shape index (κ2) is 8.30. The van der Waals surface area contributed by atoms with Gasteiger partial charge in [0.1, 0.15) is 12.4 Å². The van der Waals surface area contributed by atoms with Crippen LogP contribution >= 0.6 is 0 Å². The molecule has 0 saturated heterocycles. The maximum absolute atomic E-state index is 11.7. The van der Waals surface area contributed by atoms with E-state index in [4.69, 9.17) is 9.84 Å². The molecule has 0 bridgehead atoms. The number of carbonyl (C=O) groups excluding carboxylic acids is 1. The number of benzene rings is 1. The zero-order valence-corrected chi connectivity index (χ0v) is 13.0. The summed E-state index contributed by atoms with van der Waals surface area (Å²) in [4.78, 5) is 15.2. The second-order valence-corrected chi connectivity index (χ2v) is 4.95. The summed E-state index contributed by atoms with van der Waals surface area (Å²) in [6, 6.07) is 5.60. The second-order valence-electron chi connectivity index (χ2n) is 4.95. The predicted molar refractivity (Wildman–Crippen MR) is 82.0 cm³/mol. The summed E-state index contributed by atoms with van der Waals surface area (Å²) in [5, 5.41) is 8.75. The van der Waals surface area contributed by atoms with Crippen LogP contribution in [0.5, 0.6) is 5.75 Å². The molecule has 1 N–H and O–H groups in total. The third kappa shape index (κ3) is 5.46. The van der Waals surface area contributed by atoms with Crippen molar-refractivity contribution in [3.63, 3.8) is 0 Å². The minimum Gasteiger partial charge on any atom is -0.496 e. The van der Waals surface area contributed by atoms with Crippen molar-refractivity contribution in [2.75, 3.05) is 41.4 Å². The Hall–Kier alpha value is -2.03. The standard InChI is InChI=1S/C16H22N2O3/c1-17(2)16(20)12-18(3)11-14-10-13(6-5-9-19)7-8-15(14)21-4/h7-8,10,19H,9,11-12H2,1-4H3. The van der Waals surface area contributed by atoms with Crippen LogP contribution in [0.3, 0.4) is 0 Å². The smallest absolute Gasteiger partial charge is 0.236 e. The maximum Gasteiger partial charge on any atom is 0.236 e. The Bertz CT molecular complexity index is 544. The SMILES string of the molecule is COc1ccc(C#CCO)cc1CN(C)CC(=O)N(C)C. The first-order valence-electron chi connectivity index (χ1n) is 6.63. The summed E-state index contributed by atoms with van der Waals surface area (Å²) in [7, 11) is 6.97. The molecule has 0 aliphatic carbocycles. The van der Waals surface area contributed by atoms with Crippen LogP contribution in [0, 0.1) is 11.8 Å². The van der Waals surface area contributed by atoms with Gasteiger partial charge in [-0.2, -0.15) is 0 Å². The number of aliphatic hydroxyl groups is 1. The quantitative estimate of drug-likeness (QED) is 0.805. The molecule has 0 saturated carbocycles. The number of nitrogens with zero attached hydrogens (tertiary/aromatic N) is 2. The summed E-state index contributed by atoms with van der Waals surface area (Å²) in [5.74, 6) is 6.30. The molecule has 0 spiro atoms. The van der Waals surface area contributed by atoms with Crippen molar-refractivity contribution < 1.29 is 14.6 Å². The molecule has 5 heteroatoms. The summed E-state index contributed by atoms with van der Waals surface area (Å²) in [6.45, 7) is 0.749. The first-order valence-corrected chi connectivity index (χ1v) is 6.63. The largest absolute Gasteiger partial charge is 0.496 e. The van der Waals surface area contributed by atoms with Gasteiger partial charge < -0.3 is 14.7 Å². The van der Waals surface area contributed by atoms with E-state index < -0.39 is 0 Å². The van der Waals surface area contributed by atoms with Crippen molar-refractivity contribution in [1.82, 2.24) is 9.80 Å². The highest BCUT2D eigenvalue weighted by molar-refractivity contribution is 5.77. The van der Waals surface area contributed by atoms with E-state index in [9.17, 15) is 4.79 Å². The number of likely N-dealkylation sites (N-methyl/N-ethyl adjacent to an activating group) is 2. The number of rotatable bonds is 5. The summed E-state index contributed by atoms with van der Waals surface area (Å²) < 4.78 is 5.34. The number of methoxy groups -OCH3 is 1. The highest BCUT2D eigenvalue weighted by Gasteiger charge is 2.11. The van der Waals surface area contributed by atoms with Gasteiger partial charge >= 0.3 is 0 Å². The van der Waals surface area contributed by atoms with Gasteiger partial charge in [-0.25, -0.2) is 0 Å². The third-order valence-electron chi connectivity index (χ3n) is 2.94. The van der Waals surface area contributed by atoms with Crippen molar-refractivity contribution in [3.05, 3.63) is 29.3 Å². The van der Waals surface area contributed by atoms with E-state index in [0.717, 1.165) is 16.9 Å². The molecule has 0 aromatic heterocycles. The average Bonchev–Trinajstić information content (AvgIpc) is 2.45. The van der Waals surface area contributed by atoms with E-state index in [2.05, 4.69) is 11.8 Å². The fraction of sp³-hybridized carbons (Fsp3) is 0.438. The lowest BCUT2D eigenvalue weighted by Crippen LogP contribution is -2.34. The van der Waals surface area contributed by atoms with Gasteiger partial charge in [-0.05, 0) is 25.2 Å². The van der Waals surface area contributed by atoms with Gasteiger partial charge in [-0.1, -0.05) is 11.8 Å². The van der Waals surface area contributed by atoms with E-state index in [1.165, 1.54) is 0 Å². The molecule has 0 aliphatic heterocycles. The topological polar surface area (TPSA) is 53.0 Å². The number of aliphatic hydroxyl groups excluding tert-OH is 1. The minimum atomic E-state index is -0.168. The van der Waals surface area contributed by atoms with Crippen molar-refractivity contribution in [2.45, 2.75) is 6.54 Å². The van der Waals surface area contributed by atoms with Crippen LogP contribution < -0.4 is 4.74 Å². The lowest BCUT2D eigenvalue weighted by Gasteiger charge is -2.20. The molecular weight excluding hydrogens is 268 g/mol. The number of ether oxygens (including phenoxy) is 1. The maximum atomic E-state index is 11.7. The summed E-state index contributed by atoms with van der Waals surface area (Å²) in [6.07, 6.45) is 0. The van der Waals surface area contributed by atoms with Crippen molar-refractivity contribution in [1.29, 1.82) is 0 Å². The van der Waals surface area contributed by atoms with Crippen LogP contribution in [0.2, 0.25) is 0 Å². The normalized spacial score (nSPS) is 10.0. The van der Waals surface area contributed by atoms with Crippen molar-refractivity contribution in [2.24, 2.45) is 0 Å². The van der Waals surface area contributed by atoms with E-state index >= 15 is 0 Å². The molecule has 1 amide bonds. The molecule has 0 unspecified atom stereocenters. The third-order valence-corrected chi connectivity index (χ3v) is 2.94. The molecule has 0 heterocycles. The molecule has 0 radical (unpaired) electrons. The molecule has 21 heavy (non-hydrogen) atoms. The molecule has 1 aromatic carbocycles. The Morgan fingerprint density at radius 3 is 2.62 bits per heavy atom. The zero-order chi connectivity index (χ0) is 15.8. The van der Waals surface area contributed by atoms with Gasteiger partial charge in [-0.3, -0.25) is 9.69 Å². The Kier molecular flexibility index (Phi) is 6.73. The van der Waals surface area contributed by atoms with Crippen LogP contribution in [-0.4, -0.2) is 62.2 Å². The first-order chi connectivity index (χ1) is 9.97. The van der Waals surface area contributed by atoms with E-state index in [1.807, 2.05) is 30.1 Å². The Balaban J connectivity index is 2.86. The van der Waals surface area contributed by atoms with Crippen LogP contribution in [0.4, 0.5) is 0 Å².